The van der Waals surface area contributed by atoms with Crippen LogP contribution in [0.5, 0.6) is 0 Å². The highest BCUT2D eigenvalue weighted by Gasteiger charge is 2.32. The van der Waals surface area contributed by atoms with Gasteiger partial charge in [-0.2, -0.15) is 86.8 Å². The second-order valence-corrected chi connectivity index (χ2v) is 22.7. The smallest absolute Gasteiger partial charge is 0.309 e. The minimum absolute atomic E-state index is 0.00213. The molecule has 0 fully saturated rings. The summed E-state index contributed by atoms with van der Waals surface area (Å²) in [5.41, 5.74) is 4.90. The Morgan fingerprint density at radius 2 is 0.530 bits per heavy atom. The number of benzene rings is 11. The summed E-state index contributed by atoms with van der Waals surface area (Å²) < 4.78 is 47.0. The molecule has 0 N–H and O–H groups in total. The molecule has 100 heavy (non-hydrogen) atoms. The van der Waals surface area contributed by atoms with E-state index in [4.69, 9.17) is 0 Å². The lowest BCUT2D eigenvalue weighted by atomic mass is 9.91. The molecule has 454 valence electrons. The molecule has 0 unspecified atom stereocenters. The molecule has 2 heterocycles. The van der Waals surface area contributed by atoms with E-state index in [9.17, 15) is 86.8 Å². The molecule has 13 aromatic rings. The number of fused-ring (bicyclic) bond motifs is 6. The minimum atomic E-state index is -4.83. The van der Waals surface area contributed by atoms with Gasteiger partial charge in [0.25, 0.3) is 0 Å². The molecule has 0 saturated heterocycles. The summed E-state index contributed by atoms with van der Waals surface area (Å²) in [7, 11) is 0. The number of hydrogen-bond acceptors (Lipinski definition) is 14. The van der Waals surface area contributed by atoms with Crippen molar-refractivity contribution >= 4 is 43.6 Å². The third kappa shape index (κ3) is 10.2. The van der Waals surface area contributed by atoms with E-state index in [0.29, 0.717) is 82.7 Å². The van der Waals surface area contributed by atoms with Crippen LogP contribution in [0.25, 0.3) is 122 Å². The number of alkyl halides is 3. The third-order valence-electron chi connectivity index (χ3n) is 17.4. The fraction of sp³-hybridized carbons (Fsp3) is 0.0123. The summed E-state index contributed by atoms with van der Waals surface area (Å²) in [6.45, 7) is 0. The Balaban J connectivity index is 1.17. The van der Waals surface area contributed by atoms with E-state index in [2.05, 4.69) is 54.6 Å². The van der Waals surface area contributed by atoms with Gasteiger partial charge in [-0.05, 0) is 167 Å². The summed E-state index contributed by atoms with van der Waals surface area (Å²) in [6.07, 6.45) is -4.83. The van der Waals surface area contributed by atoms with Crippen molar-refractivity contribution in [2.45, 2.75) is 6.18 Å². The van der Waals surface area contributed by atoms with Crippen LogP contribution in [0.4, 0.5) is 13.2 Å². The molecule has 0 bridgehead atoms. The van der Waals surface area contributed by atoms with E-state index in [1.165, 1.54) is 54.6 Å². The van der Waals surface area contributed by atoms with Crippen LogP contribution >= 0.6 is 0 Å². The molecule has 0 radical (unpaired) electrons. The van der Waals surface area contributed by atoms with Crippen molar-refractivity contribution in [1.82, 2.24) is 9.13 Å². The molecule has 11 aromatic carbocycles. The number of rotatable bonds is 8. The summed E-state index contributed by atoms with van der Waals surface area (Å²) >= 11 is 0. The Hall–Kier alpha value is -16.3. The van der Waals surface area contributed by atoms with Crippen LogP contribution in [0.15, 0.2) is 176 Å². The lowest BCUT2D eigenvalue weighted by Gasteiger charge is -2.20. The highest BCUT2D eigenvalue weighted by Crippen LogP contribution is 2.47. The maximum absolute atomic E-state index is 14.4. The van der Waals surface area contributed by atoms with E-state index in [-0.39, 0.29) is 117 Å². The minimum Gasteiger partial charge on any atom is -0.309 e. The second kappa shape index (κ2) is 24.6. The topological polar surface area (TPSA) is 343 Å². The predicted molar refractivity (Wildman–Crippen MR) is 359 cm³/mol. The fourth-order valence-corrected chi connectivity index (χ4v) is 13.2. The molecule has 0 amide bonds. The highest BCUT2D eigenvalue weighted by molar-refractivity contribution is 6.15. The molecular weight excluding hydrogens is 1250 g/mol. The van der Waals surface area contributed by atoms with E-state index in [1.54, 1.807) is 109 Å². The third-order valence-corrected chi connectivity index (χ3v) is 17.4. The first-order valence-corrected chi connectivity index (χ1v) is 29.6. The standard InChI is InChI=1S/C81H29F3N16/c82-81(83,84)63-7-9-64(54(24-63)35-90)49-2-8-65(76(29-49)100-74-13-5-52(79-59(40-95)19-47(33-88)20-60(79)41-96)27-69(74)70-28-53(6-14-75(70)100)80-61(42-97)21-48(34-89)22-62(80)43-98)66-23-44(30-85)1-10-71(66)99-72-11-3-50(77-55(36-91)15-45(31-86)16-56(77)37-92)25-67(72)68-26-51(4-12-73(68)99)78-57(38-93)17-46(32-87)18-58(78)39-94/h1-29H. The normalized spacial score (nSPS) is 10.6. The van der Waals surface area contributed by atoms with Crippen LogP contribution in [-0.2, 0) is 6.18 Å². The van der Waals surface area contributed by atoms with E-state index in [1.807, 2.05) is 39.5 Å². The van der Waals surface area contributed by atoms with Gasteiger partial charge in [-0.25, -0.2) is 0 Å². The number of aromatic nitrogens is 2. The number of halogens is 3. The summed E-state index contributed by atoms with van der Waals surface area (Å²) in [6, 6.07) is 73.4. The molecule has 19 heteroatoms. The molecule has 0 spiro atoms. The zero-order valence-electron chi connectivity index (χ0n) is 51.0. The van der Waals surface area contributed by atoms with Crippen LogP contribution in [0, 0.1) is 159 Å². The van der Waals surface area contributed by atoms with E-state index >= 15 is 0 Å². The average molecular weight is 1280 g/mol. The van der Waals surface area contributed by atoms with Gasteiger partial charge in [-0.3, -0.25) is 0 Å². The number of hydrogen-bond donors (Lipinski definition) is 0. The first kappa shape index (κ1) is 62.5. The first-order chi connectivity index (χ1) is 48.5. The van der Waals surface area contributed by atoms with Gasteiger partial charge in [0.2, 0.25) is 0 Å². The van der Waals surface area contributed by atoms with Gasteiger partial charge in [-0.1, -0.05) is 42.5 Å². The second-order valence-electron chi connectivity index (χ2n) is 22.7. The van der Waals surface area contributed by atoms with Crippen LogP contribution in [0.1, 0.15) is 83.5 Å². The molecule has 13 rings (SSSR count). The lowest BCUT2D eigenvalue weighted by molar-refractivity contribution is -0.137. The Labute approximate surface area is 565 Å². The molecular formula is C81H29F3N16. The maximum Gasteiger partial charge on any atom is 0.416 e. The quantitative estimate of drug-likeness (QED) is 0.136. The fourth-order valence-electron chi connectivity index (χ4n) is 13.2. The average Bonchev–Trinajstić information content (AvgIpc) is 1.56. The Kier molecular flexibility index (Phi) is 15.4. The van der Waals surface area contributed by atoms with Gasteiger partial charge in [0, 0.05) is 54.9 Å². The van der Waals surface area contributed by atoms with Crippen molar-refractivity contribution in [3.8, 4) is 163 Å². The van der Waals surface area contributed by atoms with Crippen LogP contribution in [-0.4, -0.2) is 9.13 Å². The van der Waals surface area contributed by atoms with Crippen molar-refractivity contribution in [2.75, 3.05) is 0 Å². The van der Waals surface area contributed by atoms with E-state index < -0.39 is 11.7 Å². The summed E-state index contributed by atoms with van der Waals surface area (Å²) in [4.78, 5) is 0. The predicted octanol–water partition coefficient (Wildman–Crippen LogP) is 17.1. The molecule has 16 nitrogen and oxygen atoms in total. The van der Waals surface area contributed by atoms with Crippen LogP contribution < -0.4 is 0 Å². The number of nitriles is 14. The van der Waals surface area contributed by atoms with Crippen LogP contribution in [0.2, 0.25) is 0 Å². The SMILES string of the molecule is N#Cc1cc(C#N)c(-c2ccc3c(c2)c2cc(-c4c(C#N)cc(C#N)cc4C#N)ccc2n3-c2ccc(C#N)cc2-c2ccc(-c3ccc(C(F)(F)F)cc3C#N)cc2-n2c3ccc(-c4c(C#N)cc(C#N)cc4C#N)cc3c3cc(-c4c(C#N)cc(C#N)cc4C#N)ccc32)c(C#N)c1. The molecule has 0 saturated carbocycles. The Morgan fingerprint density at radius 1 is 0.230 bits per heavy atom. The van der Waals surface area contributed by atoms with Gasteiger partial charge in [-0.15, -0.1) is 0 Å². The van der Waals surface area contributed by atoms with Crippen molar-refractivity contribution in [3.63, 3.8) is 0 Å². The highest BCUT2D eigenvalue weighted by atomic mass is 19.4. The van der Waals surface area contributed by atoms with Gasteiger partial charge in [0.05, 0.1) is 202 Å². The lowest BCUT2D eigenvalue weighted by Crippen LogP contribution is -2.05. The zero-order chi connectivity index (χ0) is 70.4. The molecule has 0 aliphatic carbocycles. The maximum atomic E-state index is 14.4. The van der Waals surface area contributed by atoms with Gasteiger partial charge < -0.3 is 9.13 Å². The van der Waals surface area contributed by atoms with E-state index in [0.717, 1.165) is 12.1 Å². The molecule has 0 aliphatic rings. The van der Waals surface area contributed by atoms with Gasteiger partial charge in [0.1, 0.15) is 0 Å². The first-order valence-electron chi connectivity index (χ1n) is 29.6. The van der Waals surface area contributed by atoms with Crippen molar-refractivity contribution in [3.05, 3.63) is 259 Å². The Morgan fingerprint density at radius 3 is 0.830 bits per heavy atom. The zero-order valence-corrected chi connectivity index (χ0v) is 51.0. The molecule has 2 aromatic heterocycles. The largest absolute Gasteiger partial charge is 0.416 e. The number of nitrogens with zero attached hydrogens (tertiary/aromatic N) is 16. The summed E-state index contributed by atoms with van der Waals surface area (Å²) in [5, 5.41) is 147. The molecule has 0 aliphatic heterocycles. The van der Waals surface area contributed by atoms with Gasteiger partial charge >= 0.3 is 6.18 Å². The van der Waals surface area contributed by atoms with Gasteiger partial charge in [0.15, 0.2) is 0 Å². The molecule has 0 atom stereocenters. The van der Waals surface area contributed by atoms with Crippen molar-refractivity contribution in [2.24, 2.45) is 0 Å². The summed E-state index contributed by atoms with van der Waals surface area (Å²) in [5.74, 6) is 0. The Bertz CT molecular complexity index is 6150. The monoisotopic (exact) mass is 1280 g/mol. The van der Waals surface area contributed by atoms with Crippen LogP contribution in [0.3, 0.4) is 0 Å². The van der Waals surface area contributed by atoms with Crippen molar-refractivity contribution in [1.29, 1.82) is 73.7 Å². The van der Waals surface area contributed by atoms with Crippen molar-refractivity contribution < 1.29 is 13.2 Å².